The lowest BCUT2D eigenvalue weighted by Crippen LogP contribution is -2.51. The molecule has 0 aromatic heterocycles. The summed E-state index contributed by atoms with van der Waals surface area (Å²) in [6.07, 6.45) is 1.45. The molecule has 4 heteroatoms. The molecule has 2 heterocycles. The minimum absolute atomic E-state index is 0.122. The van der Waals surface area contributed by atoms with Gasteiger partial charge in [-0.25, -0.2) is 0 Å². The molecule has 0 bridgehead atoms. The summed E-state index contributed by atoms with van der Waals surface area (Å²) in [5.74, 6) is 0.122. The highest BCUT2D eigenvalue weighted by atomic mass is 16.1. The second-order valence-corrected chi connectivity index (χ2v) is 4.42. The summed E-state index contributed by atoms with van der Waals surface area (Å²) in [5.41, 5.74) is 3.35. The van der Waals surface area contributed by atoms with Crippen LogP contribution in [0.4, 0.5) is 11.4 Å². The lowest BCUT2D eigenvalue weighted by Gasteiger charge is -2.29. The normalized spacial score (nSPS) is 19.6. The fourth-order valence-corrected chi connectivity index (χ4v) is 2.10. The molecule has 4 nitrogen and oxygen atoms in total. The average molecular weight is 217 g/mol. The molecule has 0 saturated carbocycles. The summed E-state index contributed by atoms with van der Waals surface area (Å²) in [5, 5.41) is 9.58. The van der Waals surface area contributed by atoms with Crippen molar-refractivity contribution in [2.45, 2.75) is 18.9 Å². The maximum Gasteiger partial charge on any atom is 0.224 e. The summed E-state index contributed by atoms with van der Waals surface area (Å²) in [4.78, 5) is 11.2. The second kappa shape index (κ2) is 3.79. The Labute approximate surface area is 94.4 Å². The van der Waals surface area contributed by atoms with E-state index in [1.54, 1.807) is 0 Å². The van der Waals surface area contributed by atoms with E-state index in [4.69, 9.17) is 0 Å². The van der Waals surface area contributed by atoms with Crippen molar-refractivity contribution in [1.29, 1.82) is 0 Å². The Morgan fingerprint density at radius 1 is 1.25 bits per heavy atom. The quantitative estimate of drug-likeness (QED) is 0.691. The average Bonchev–Trinajstić information content (AvgIpc) is 2.23. The molecule has 16 heavy (non-hydrogen) atoms. The minimum Gasteiger partial charge on any atom is -0.380 e. The Kier molecular flexibility index (Phi) is 2.29. The van der Waals surface area contributed by atoms with Crippen LogP contribution < -0.4 is 16.0 Å². The van der Waals surface area contributed by atoms with Crippen LogP contribution in [0.3, 0.4) is 0 Å². The van der Waals surface area contributed by atoms with Crippen LogP contribution in [0, 0.1) is 0 Å². The first-order chi connectivity index (χ1) is 7.81. The van der Waals surface area contributed by atoms with Crippen molar-refractivity contribution < 1.29 is 4.79 Å². The Morgan fingerprint density at radius 3 is 2.88 bits per heavy atom. The molecule has 3 N–H and O–H groups in total. The molecular weight excluding hydrogens is 202 g/mol. The van der Waals surface area contributed by atoms with Crippen LogP contribution in [0.15, 0.2) is 18.2 Å². The van der Waals surface area contributed by atoms with E-state index in [9.17, 15) is 4.79 Å². The van der Waals surface area contributed by atoms with Crippen LogP contribution >= 0.6 is 0 Å². The first-order valence-corrected chi connectivity index (χ1v) is 5.71. The first kappa shape index (κ1) is 9.66. The predicted octanol–water partition coefficient (Wildman–Crippen LogP) is 0.955. The van der Waals surface area contributed by atoms with Gasteiger partial charge >= 0.3 is 0 Å². The van der Waals surface area contributed by atoms with E-state index < -0.39 is 0 Å². The van der Waals surface area contributed by atoms with E-state index in [0.29, 0.717) is 12.5 Å². The monoisotopic (exact) mass is 217 g/mol. The number of amides is 1. The first-order valence-electron chi connectivity index (χ1n) is 5.71. The Balaban J connectivity index is 1.78. The van der Waals surface area contributed by atoms with Crippen LogP contribution in [0.1, 0.15) is 12.0 Å². The molecule has 0 atom stereocenters. The zero-order chi connectivity index (χ0) is 11.0. The summed E-state index contributed by atoms with van der Waals surface area (Å²) in [7, 11) is 0. The van der Waals surface area contributed by atoms with Crippen molar-refractivity contribution >= 4 is 17.3 Å². The van der Waals surface area contributed by atoms with Gasteiger partial charge in [0.2, 0.25) is 5.91 Å². The molecule has 1 saturated heterocycles. The van der Waals surface area contributed by atoms with Gasteiger partial charge in [0.1, 0.15) is 0 Å². The molecule has 0 radical (unpaired) electrons. The molecule has 0 spiro atoms. The van der Waals surface area contributed by atoms with Crippen LogP contribution in [-0.2, 0) is 11.2 Å². The number of carbonyl (C=O) groups excluding carboxylic acids is 1. The van der Waals surface area contributed by atoms with Crippen LogP contribution in [0.5, 0.6) is 0 Å². The third kappa shape index (κ3) is 1.76. The van der Waals surface area contributed by atoms with E-state index in [0.717, 1.165) is 30.9 Å². The second-order valence-electron chi connectivity index (χ2n) is 4.42. The van der Waals surface area contributed by atoms with Crippen molar-refractivity contribution in [3.8, 4) is 0 Å². The molecule has 3 rings (SSSR count). The summed E-state index contributed by atoms with van der Waals surface area (Å²) >= 11 is 0. The number of hydrogen-bond acceptors (Lipinski definition) is 3. The number of fused-ring (bicyclic) bond motifs is 1. The molecule has 1 aromatic carbocycles. The SMILES string of the molecule is O=C1CCc2cc(NC3CNC3)ccc2N1. The van der Waals surface area contributed by atoms with Crippen LogP contribution in [0.25, 0.3) is 0 Å². The van der Waals surface area contributed by atoms with Crippen molar-refractivity contribution in [2.75, 3.05) is 23.7 Å². The van der Waals surface area contributed by atoms with Crippen LogP contribution in [0.2, 0.25) is 0 Å². The highest BCUT2D eigenvalue weighted by molar-refractivity contribution is 5.94. The van der Waals surface area contributed by atoms with Gasteiger partial charge in [0.15, 0.2) is 0 Å². The molecule has 2 aliphatic heterocycles. The number of aryl methyl sites for hydroxylation is 1. The number of nitrogens with one attached hydrogen (secondary N) is 3. The van der Waals surface area contributed by atoms with E-state index in [1.165, 1.54) is 5.56 Å². The van der Waals surface area contributed by atoms with Crippen molar-refractivity contribution in [2.24, 2.45) is 0 Å². The van der Waals surface area contributed by atoms with Crippen LogP contribution in [-0.4, -0.2) is 25.0 Å². The van der Waals surface area contributed by atoms with Gasteiger partial charge in [-0.3, -0.25) is 4.79 Å². The lowest BCUT2D eigenvalue weighted by molar-refractivity contribution is -0.116. The van der Waals surface area contributed by atoms with Gasteiger partial charge < -0.3 is 16.0 Å². The van der Waals surface area contributed by atoms with E-state index in [-0.39, 0.29) is 5.91 Å². The smallest absolute Gasteiger partial charge is 0.224 e. The van der Waals surface area contributed by atoms with E-state index >= 15 is 0 Å². The zero-order valence-corrected chi connectivity index (χ0v) is 9.05. The van der Waals surface area contributed by atoms with Gasteiger partial charge in [0.05, 0.1) is 6.04 Å². The predicted molar refractivity (Wildman–Crippen MR) is 63.7 cm³/mol. The number of benzene rings is 1. The fraction of sp³-hybridized carbons (Fsp3) is 0.417. The van der Waals surface area contributed by atoms with Crippen molar-refractivity contribution in [3.63, 3.8) is 0 Å². The van der Waals surface area contributed by atoms with Gasteiger partial charge in [-0.15, -0.1) is 0 Å². The summed E-state index contributed by atoms with van der Waals surface area (Å²) in [6, 6.07) is 6.72. The van der Waals surface area contributed by atoms with Crippen molar-refractivity contribution in [3.05, 3.63) is 23.8 Å². The zero-order valence-electron chi connectivity index (χ0n) is 9.05. The number of rotatable bonds is 2. The maximum absolute atomic E-state index is 11.2. The summed E-state index contributed by atoms with van der Waals surface area (Å²) in [6.45, 7) is 2.07. The molecule has 1 amide bonds. The van der Waals surface area contributed by atoms with Gasteiger partial charge in [0.25, 0.3) is 0 Å². The van der Waals surface area contributed by atoms with E-state index in [1.807, 2.05) is 12.1 Å². The topological polar surface area (TPSA) is 53.2 Å². The van der Waals surface area contributed by atoms with Gasteiger partial charge in [-0.1, -0.05) is 0 Å². The number of carbonyl (C=O) groups is 1. The number of anilines is 2. The fourth-order valence-electron chi connectivity index (χ4n) is 2.10. The number of hydrogen-bond donors (Lipinski definition) is 3. The maximum atomic E-state index is 11.2. The molecule has 0 unspecified atom stereocenters. The van der Waals surface area contributed by atoms with Gasteiger partial charge in [-0.05, 0) is 30.2 Å². The summed E-state index contributed by atoms with van der Waals surface area (Å²) < 4.78 is 0. The molecular formula is C12H15N3O. The Bertz CT molecular complexity index is 426. The van der Waals surface area contributed by atoms with Gasteiger partial charge in [0, 0.05) is 30.9 Å². The molecule has 84 valence electrons. The minimum atomic E-state index is 0.122. The van der Waals surface area contributed by atoms with Crippen molar-refractivity contribution in [1.82, 2.24) is 5.32 Å². The highest BCUT2D eigenvalue weighted by Crippen LogP contribution is 2.26. The Hall–Kier alpha value is -1.55. The standard InChI is InChI=1S/C12H15N3O/c16-12-4-1-8-5-9(2-3-11(8)15-12)14-10-6-13-7-10/h2-3,5,10,13-14H,1,4,6-7H2,(H,15,16). The Morgan fingerprint density at radius 2 is 2.12 bits per heavy atom. The van der Waals surface area contributed by atoms with Gasteiger partial charge in [-0.2, -0.15) is 0 Å². The molecule has 0 aliphatic carbocycles. The molecule has 1 fully saturated rings. The third-order valence-corrected chi connectivity index (χ3v) is 3.15. The highest BCUT2D eigenvalue weighted by Gasteiger charge is 2.18. The molecule has 1 aromatic rings. The largest absolute Gasteiger partial charge is 0.380 e. The van der Waals surface area contributed by atoms with E-state index in [2.05, 4.69) is 22.0 Å². The molecule has 2 aliphatic rings. The third-order valence-electron chi connectivity index (χ3n) is 3.15. The lowest BCUT2D eigenvalue weighted by atomic mass is 10.0.